The number of carboxylic acid groups (broad SMARTS) is 1. The topological polar surface area (TPSA) is 150 Å². The maximum atomic E-state index is 13.2. The number of anilines is 1. The lowest BCUT2D eigenvalue weighted by Gasteiger charge is -2.26. The number of benzene rings is 2. The van der Waals surface area contributed by atoms with Crippen molar-refractivity contribution >= 4 is 23.5 Å². The highest BCUT2D eigenvalue weighted by molar-refractivity contribution is 5.95. The van der Waals surface area contributed by atoms with Crippen molar-refractivity contribution in [1.29, 1.82) is 0 Å². The number of nitrogens with one attached hydrogen (secondary N) is 1. The van der Waals surface area contributed by atoms with Crippen LogP contribution in [0.5, 0.6) is 0 Å². The molecule has 0 saturated heterocycles. The van der Waals surface area contributed by atoms with Gasteiger partial charge in [-0.1, -0.05) is 42.2 Å². The number of fused-ring (bicyclic) bond motifs is 2. The molecule has 0 fully saturated rings. The fourth-order valence-corrected chi connectivity index (χ4v) is 3.75. The van der Waals surface area contributed by atoms with Gasteiger partial charge in [-0.25, -0.2) is 4.79 Å². The van der Waals surface area contributed by atoms with E-state index in [4.69, 9.17) is 34.6 Å². The predicted molar refractivity (Wildman–Crippen MR) is 158 cm³/mol. The summed E-state index contributed by atoms with van der Waals surface area (Å²) in [5.74, 6) is 3.41. The second-order valence-corrected chi connectivity index (χ2v) is 9.30. The van der Waals surface area contributed by atoms with Gasteiger partial charge < -0.3 is 40.0 Å². The first-order chi connectivity index (χ1) is 21.6. The summed E-state index contributed by atoms with van der Waals surface area (Å²) in [6.07, 6.45) is -4.68. The van der Waals surface area contributed by atoms with E-state index in [9.17, 15) is 22.8 Å². The molecule has 2 amide bonds. The van der Waals surface area contributed by atoms with E-state index < -0.39 is 12.1 Å². The van der Waals surface area contributed by atoms with E-state index in [1.807, 2.05) is 48.5 Å². The minimum absolute atomic E-state index is 0.0725. The number of hydrogen-bond donors (Lipinski definition) is 3. The zero-order valence-electron chi connectivity index (χ0n) is 24.8. The Bertz CT molecular complexity index is 1280. The molecule has 0 bridgehead atoms. The molecule has 1 aliphatic rings. The number of alkyl halides is 3. The minimum Gasteiger partial charge on any atom is -0.475 e. The maximum Gasteiger partial charge on any atom is 0.490 e. The molecule has 0 unspecified atom stereocenters. The lowest BCUT2D eigenvalue weighted by molar-refractivity contribution is -0.192. The van der Waals surface area contributed by atoms with Gasteiger partial charge in [0.15, 0.2) is 0 Å². The Hall–Kier alpha value is -4.00. The molecule has 1 aliphatic heterocycles. The molecule has 3 rings (SSSR count). The average molecular weight is 638 g/mol. The summed E-state index contributed by atoms with van der Waals surface area (Å²) in [7, 11) is 0. The van der Waals surface area contributed by atoms with Crippen molar-refractivity contribution < 1.29 is 51.6 Å². The molecule has 1 heterocycles. The molecule has 0 radical (unpaired) electrons. The molecule has 4 N–H and O–H groups in total. The van der Waals surface area contributed by atoms with Crippen molar-refractivity contribution in [2.75, 3.05) is 70.8 Å². The number of hydrogen-bond acceptors (Lipinski definition) is 8. The van der Waals surface area contributed by atoms with Crippen LogP contribution in [0.2, 0.25) is 0 Å². The molecular weight excluding hydrogens is 599 g/mol. The fraction of sp³-hybridized carbons (Fsp3) is 0.452. The second-order valence-electron chi connectivity index (χ2n) is 9.30. The predicted octanol–water partition coefficient (Wildman–Crippen LogP) is 2.49. The highest BCUT2D eigenvalue weighted by atomic mass is 19.4. The standard InChI is InChI=1S/C29H37N3O6.C2HF3O2/c30-13-16-36-18-20-38-22-21-37-19-17-35-15-12-28(33)31-14-11-29(34)32-23-26-7-2-1-5-24(26)9-10-25-6-3-4-8-27(25)32;3-2(4,5)1(6)7/h1-8H,11-23,30H2,(H,31,33);(H,6,7). The van der Waals surface area contributed by atoms with Gasteiger partial charge >= 0.3 is 12.1 Å². The summed E-state index contributed by atoms with van der Waals surface area (Å²) in [5, 5.41) is 9.93. The molecule has 2 aromatic carbocycles. The molecule has 0 atom stereocenters. The Kier molecular flexibility index (Phi) is 17.2. The Morgan fingerprint density at radius 2 is 1.31 bits per heavy atom. The fourth-order valence-electron chi connectivity index (χ4n) is 3.75. The van der Waals surface area contributed by atoms with Gasteiger partial charge in [0.1, 0.15) is 0 Å². The first-order valence-corrected chi connectivity index (χ1v) is 14.2. The van der Waals surface area contributed by atoms with E-state index in [2.05, 4.69) is 17.2 Å². The average Bonchev–Trinajstić information content (AvgIpc) is 3.00. The van der Waals surface area contributed by atoms with E-state index >= 15 is 0 Å². The molecule has 14 heteroatoms. The Balaban J connectivity index is 0.000000900. The van der Waals surface area contributed by atoms with Crippen molar-refractivity contribution in [3.05, 3.63) is 65.2 Å². The van der Waals surface area contributed by atoms with Crippen molar-refractivity contribution in [2.45, 2.75) is 25.6 Å². The number of ether oxygens (including phenoxy) is 4. The van der Waals surface area contributed by atoms with Gasteiger partial charge in [-0.3, -0.25) is 9.59 Å². The zero-order chi connectivity index (χ0) is 32.9. The van der Waals surface area contributed by atoms with Gasteiger partial charge in [-0.2, -0.15) is 13.2 Å². The molecule has 0 saturated carbocycles. The number of para-hydroxylation sites is 1. The van der Waals surface area contributed by atoms with Crippen molar-refractivity contribution in [3.8, 4) is 11.8 Å². The smallest absolute Gasteiger partial charge is 0.475 e. The molecule has 0 aliphatic carbocycles. The first-order valence-electron chi connectivity index (χ1n) is 14.2. The van der Waals surface area contributed by atoms with Crippen LogP contribution in [0, 0.1) is 11.8 Å². The molecule has 246 valence electrons. The summed E-state index contributed by atoms with van der Waals surface area (Å²) in [5.41, 5.74) is 8.83. The highest BCUT2D eigenvalue weighted by Gasteiger charge is 2.38. The maximum absolute atomic E-state index is 13.2. The van der Waals surface area contributed by atoms with Crippen LogP contribution in [0.1, 0.15) is 29.5 Å². The summed E-state index contributed by atoms with van der Waals surface area (Å²) in [4.78, 5) is 36.0. The van der Waals surface area contributed by atoms with Crippen molar-refractivity contribution in [1.82, 2.24) is 5.32 Å². The van der Waals surface area contributed by atoms with E-state index in [0.717, 1.165) is 22.4 Å². The third-order valence-electron chi connectivity index (χ3n) is 5.93. The Labute approximate surface area is 259 Å². The van der Waals surface area contributed by atoms with Gasteiger partial charge in [0.2, 0.25) is 11.8 Å². The summed E-state index contributed by atoms with van der Waals surface area (Å²) >= 11 is 0. The Morgan fingerprint density at radius 3 is 1.91 bits per heavy atom. The summed E-state index contributed by atoms with van der Waals surface area (Å²) in [6.45, 7) is 4.80. The van der Waals surface area contributed by atoms with Crippen LogP contribution in [0.15, 0.2) is 48.5 Å². The third-order valence-corrected chi connectivity index (χ3v) is 5.93. The van der Waals surface area contributed by atoms with Crippen LogP contribution in [0.25, 0.3) is 0 Å². The van der Waals surface area contributed by atoms with E-state index in [0.29, 0.717) is 59.3 Å². The number of rotatable bonds is 17. The quantitative estimate of drug-likeness (QED) is 0.176. The second kappa shape index (κ2) is 20.9. The number of aliphatic carboxylic acids is 1. The van der Waals surface area contributed by atoms with Gasteiger partial charge in [0.25, 0.3) is 0 Å². The van der Waals surface area contributed by atoms with E-state index in [-0.39, 0.29) is 37.8 Å². The van der Waals surface area contributed by atoms with Crippen LogP contribution >= 0.6 is 0 Å². The summed E-state index contributed by atoms with van der Waals surface area (Å²) in [6, 6.07) is 15.5. The molecule has 11 nitrogen and oxygen atoms in total. The SMILES string of the molecule is NCCOCCOCCOCCOCCC(=O)NCCC(=O)N1Cc2ccccc2C#Cc2ccccc21.O=C(O)C(F)(F)F. The van der Waals surface area contributed by atoms with Gasteiger partial charge in [-0.05, 0) is 23.8 Å². The van der Waals surface area contributed by atoms with Gasteiger partial charge in [0, 0.05) is 37.1 Å². The monoisotopic (exact) mass is 637 g/mol. The van der Waals surface area contributed by atoms with E-state index in [1.54, 1.807) is 4.90 Å². The number of nitrogens with two attached hydrogens (primary N) is 1. The summed E-state index contributed by atoms with van der Waals surface area (Å²) < 4.78 is 53.2. The van der Waals surface area contributed by atoms with Crippen LogP contribution in [0.4, 0.5) is 18.9 Å². The molecule has 0 aromatic heterocycles. The first kappa shape index (κ1) is 37.2. The van der Waals surface area contributed by atoms with Crippen molar-refractivity contribution in [2.24, 2.45) is 5.73 Å². The highest BCUT2D eigenvalue weighted by Crippen LogP contribution is 2.25. The van der Waals surface area contributed by atoms with Gasteiger partial charge in [-0.15, -0.1) is 0 Å². The number of carbonyl (C=O) groups is 3. The molecule has 2 aromatic rings. The number of carboxylic acids is 1. The van der Waals surface area contributed by atoms with Crippen LogP contribution in [-0.4, -0.2) is 95.0 Å². The van der Waals surface area contributed by atoms with E-state index in [1.165, 1.54) is 0 Å². The largest absolute Gasteiger partial charge is 0.490 e. The van der Waals surface area contributed by atoms with Crippen LogP contribution in [0.3, 0.4) is 0 Å². The Morgan fingerprint density at radius 1 is 0.800 bits per heavy atom. The third kappa shape index (κ3) is 15.0. The minimum atomic E-state index is -5.08. The van der Waals surface area contributed by atoms with Crippen LogP contribution in [-0.2, 0) is 39.9 Å². The number of halogens is 3. The molecular formula is C31H38F3N3O8. The van der Waals surface area contributed by atoms with Gasteiger partial charge in [0.05, 0.1) is 65.1 Å². The molecule has 45 heavy (non-hydrogen) atoms. The lowest BCUT2D eigenvalue weighted by Crippen LogP contribution is -2.35. The number of nitrogens with zero attached hydrogens (tertiary/aromatic N) is 1. The zero-order valence-corrected chi connectivity index (χ0v) is 24.8. The normalized spacial score (nSPS) is 11.9. The number of amides is 2. The molecule has 0 spiro atoms. The van der Waals surface area contributed by atoms with Crippen LogP contribution < -0.4 is 16.0 Å². The number of carbonyl (C=O) groups excluding carboxylic acids is 2. The lowest BCUT2D eigenvalue weighted by atomic mass is 10.0. The van der Waals surface area contributed by atoms with Crippen molar-refractivity contribution in [3.63, 3.8) is 0 Å².